The van der Waals surface area contributed by atoms with E-state index in [9.17, 15) is 10.1 Å². The third kappa shape index (κ3) is 3.64. The molecule has 106 valence electrons. The van der Waals surface area contributed by atoms with Gasteiger partial charge in [0, 0.05) is 6.54 Å². The monoisotopic (exact) mass is 266 g/mol. The van der Waals surface area contributed by atoms with Crippen LogP contribution in [0.25, 0.3) is 0 Å². The van der Waals surface area contributed by atoms with E-state index in [2.05, 4.69) is 17.0 Å². The molecule has 0 unspecified atom stereocenters. The summed E-state index contributed by atoms with van der Waals surface area (Å²) in [5.74, 6) is 0. The van der Waals surface area contributed by atoms with Crippen molar-refractivity contribution in [1.82, 2.24) is 15.1 Å². The minimum Gasteiger partial charge on any atom is -0.313 e. The standard InChI is InChI=1S/C13H22N4O2/c1-5-11-13(17(18)19)12(6-2)16(15-11)9-10(4)8-14-7-3/h14H,4-9H2,1-3H3. The zero-order chi connectivity index (χ0) is 14.4. The highest BCUT2D eigenvalue weighted by Crippen LogP contribution is 2.25. The fourth-order valence-electron chi connectivity index (χ4n) is 2.04. The maximum atomic E-state index is 11.1. The van der Waals surface area contributed by atoms with Gasteiger partial charge in [0.2, 0.25) is 0 Å². The molecular weight excluding hydrogens is 244 g/mol. The molecule has 1 aromatic heterocycles. The Bertz CT molecular complexity index is 465. The second kappa shape index (κ2) is 7.04. The van der Waals surface area contributed by atoms with Gasteiger partial charge in [0.25, 0.3) is 0 Å². The van der Waals surface area contributed by atoms with Gasteiger partial charge in [0.15, 0.2) is 0 Å². The Morgan fingerprint density at radius 2 is 2.11 bits per heavy atom. The van der Waals surface area contributed by atoms with Crippen LogP contribution in [0.4, 0.5) is 5.69 Å². The van der Waals surface area contributed by atoms with Crippen molar-refractivity contribution >= 4 is 5.69 Å². The van der Waals surface area contributed by atoms with E-state index >= 15 is 0 Å². The molecule has 6 nitrogen and oxygen atoms in total. The van der Waals surface area contributed by atoms with E-state index in [4.69, 9.17) is 0 Å². The summed E-state index contributed by atoms with van der Waals surface area (Å²) in [5.41, 5.74) is 2.37. The minimum absolute atomic E-state index is 0.168. The molecule has 0 fully saturated rings. The van der Waals surface area contributed by atoms with E-state index in [0.717, 1.165) is 12.1 Å². The van der Waals surface area contributed by atoms with E-state index in [-0.39, 0.29) is 10.6 Å². The first-order valence-electron chi connectivity index (χ1n) is 6.65. The van der Waals surface area contributed by atoms with E-state index in [1.54, 1.807) is 4.68 Å². The van der Waals surface area contributed by atoms with Crippen molar-refractivity contribution in [3.05, 3.63) is 33.7 Å². The molecule has 19 heavy (non-hydrogen) atoms. The van der Waals surface area contributed by atoms with Gasteiger partial charge in [-0.25, -0.2) is 0 Å². The van der Waals surface area contributed by atoms with Crippen LogP contribution < -0.4 is 5.32 Å². The molecule has 1 heterocycles. The number of nitrogens with one attached hydrogen (secondary N) is 1. The Kier molecular flexibility index (Phi) is 5.69. The molecule has 1 N–H and O–H groups in total. The van der Waals surface area contributed by atoms with Crippen molar-refractivity contribution in [2.24, 2.45) is 0 Å². The quantitative estimate of drug-likeness (QED) is 0.444. The number of hydrogen-bond donors (Lipinski definition) is 1. The largest absolute Gasteiger partial charge is 0.313 e. The minimum atomic E-state index is -0.325. The zero-order valence-electron chi connectivity index (χ0n) is 11.9. The molecule has 1 aromatic rings. The Balaban J connectivity index is 3.01. The van der Waals surface area contributed by atoms with Gasteiger partial charge in [-0.2, -0.15) is 5.10 Å². The summed E-state index contributed by atoms with van der Waals surface area (Å²) < 4.78 is 1.72. The number of nitro groups is 1. The Hall–Kier alpha value is -1.69. The van der Waals surface area contributed by atoms with Crippen LogP contribution in [0.3, 0.4) is 0 Å². The van der Waals surface area contributed by atoms with Crippen LogP contribution in [-0.2, 0) is 19.4 Å². The molecule has 1 rings (SSSR count). The number of hydrogen-bond acceptors (Lipinski definition) is 4. The first kappa shape index (κ1) is 15.4. The summed E-state index contributed by atoms with van der Waals surface area (Å²) in [7, 11) is 0. The van der Waals surface area contributed by atoms with Gasteiger partial charge >= 0.3 is 5.69 Å². The second-order valence-corrected chi connectivity index (χ2v) is 4.39. The van der Waals surface area contributed by atoms with Crippen LogP contribution >= 0.6 is 0 Å². The summed E-state index contributed by atoms with van der Waals surface area (Å²) in [6.45, 7) is 11.9. The van der Waals surface area contributed by atoms with E-state index in [1.807, 2.05) is 20.8 Å². The summed E-state index contributed by atoms with van der Waals surface area (Å²) in [5, 5.41) is 18.7. The SMILES string of the molecule is C=C(CNCC)Cn1nc(CC)c([N+](=O)[O-])c1CC. The third-order valence-corrected chi connectivity index (χ3v) is 2.95. The van der Waals surface area contributed by atoms with Crippen LogP contribution in [0.5, 0.6) is 0 Å². The molecule has 0 aliphatic carbocycles. The van der Waals surface area contributed by atoms with Crippen LogP contribution in [-0.4, -0.2) is 27.8 Å². The molecule has 0 saturated heterocycles. The lowest BCUT2D eigenvalue weighted by molar-refractivity contribution is -0.386. The van der Waals surface area contributed by atoms with Crippen molar-refractivity contribution in [3.63, 3.8) is 0 Å². The summed E-state index contributed by atoms with van der Waals surface area (Å²) in [4.78, 5) is 10.8. The summed E-state index contributed by atoms with van der Waals surface area (Å²) in [6.07, 6.45) is 1.16. The van der Waals surface area contributed by atoms with Gasteiger partial charge in [0.05, 0.1) is 11.5 Å². The van der Waals surface area contributed by atoms with Gasteiger partial charge in [-0.3, -0.25) is 14.8 Å². The molecule has 6 heteroatoms. The molecule has 0 radical (unpaired) electrons. The molecule has 0 aliphatic heterocycles. The zero-order valence-corrected chi connectivity index (χ0v) is 11.9. The molecule has 0 atom stereocenters. The molecule has 0 amide bonds. The Labute approximate surface area is 113 Å². The highest BCUT2D eigenvalue weighted by molar-refractivity contribution is 5.41. The van der Waals surface area contributed by atoms with Crippen molar-refractivity contribution in [2.75, 3.05) is 13.1 Å². The number of aryl methyl sites for hydroxylation is 1. The fourth-order valence-corrected chi connectivity index (χ4v) is 2.04. The lowest BCUT2D eigenvalue weighted by atomic mass is 10.2. The smallest absolute Gasteiger partial charge is 0.313 e. The van der Waals surface area contributed by atoms with E-state index < -0.39 is 0 Å². The van der Waals surface area contributed by atoms with Gasteiger partial charge < -0.3 is 5.32 Å². The molecule has 0 spiro atoms. The molecular formula is C13H22N4O2. The predicted molar refractivity (Wildman–Crippen MR) is 75.3 cm³/mol. The van der Waals surface area contributed by atoms with Gasteiger partial charge in [-0.15, -0.1) is 0 Å². The molecule has 0 saturated carbocycles. The highest BCUT2D eigenvalue weighted by Gasteiger charge is 2.25. The van der Waals surface area contributed by atoms with Crippen molar-refractivity contribution in [3.8, 4) is 0 Å². The number of likely N-dealkylation sites (N-methyl/N-ethyl adjacent to an activating group) is 1. The lowest BCUT2D eigenvalue weighted by Crippen LogP contribution is -2.19. The average molecular weight is 266 g/mol. The van der Waals surface area contributed by atoms with Crippen LogP contribution in [0, 0.1) is 10.1 Å². The van der Waals surface area contributed by atoms with Crippen LogP contribution in [0.2, 0.25) is 0 Å². The maximum Gasteiger partial charge on any atom is 0.313 e. The molecule has 0 aromatic carbocycles. The lowest BCUT2D eigenvalue weighted by Gasteiger charge is -2.08. The van der Waals surface area contributed by atoms with Crippen molar-refractivity contribution in [2.45, 2.75) is 40.2 Å². The summed E-state index contributed by atoms with van der Waals surface area (Å²) >= 11 is 0. The van der Waals surface area contributed by atoms with Crippen LogP contribution in [0.1, 0.15) is 32.2 Å². The molecule has 0 bridgehead atoms. The first-order valence-corrected chi connectivity index (χ1v) is 6.65. The van der Waals surface area contributed by atoms with Crippen molar-refractivity contribution in [1.29, 1.82) is 0 Å². The molecule has 0 aliphatic rings. The predicted octanol–water partition coefficient (Wildman–Crippen LogP) is 2.08. The van der Waals surface area contributed by atoms with Gasteiger partial charge in [-0.05, 0) is 25.0 Å². The third-order valence-electron chi connectivity index (χ3n) is 2.95. The average Bonchev–Trinajstić information content (AvgIpc) is 2.73. The maximum absolute atomic E-state index is 11.1. The Morgan fingerprint density at radius 3 is 2.58 bits per heavy atom. The topological polar surface area (TPSA) is 73.0 Å². The van der Waals surface area contributed by atoms with Gasteiger partial charge in [0.1, 0.15) is 11.4 Å². The summed E-state index contributed by atoms with van der Waals surface area (Å²) in [6, 6.07) is 0. The number of aromatic nitrogens is 2. The highest BCUT2D eigenvalue weighted by atomic mass is 16.6. The van der Waals surface area contributed by atoms with E-state index in [1.165, 1.54) is 0 Å². The van der Waals surface area contributed by atoms with Crippen molar-refractivity contribution < 1.29 is 4.92 Å². The number of nitrogens with zero attached hydrogens (tertiary/aromatic N) is 3. The van der Waals surface area contributed by atoms with Gasteiger partial charge in [-0.1, -0.05) is 27.4 Å². The normalized spacial score (nSPS) is 10.7. The van der Waals surface area contributed by atoms with E-state index in [0.29, 0.717) is 37.3 Å². The Morgan fingerprint density at radius 1 is 1.42 bits per heavy atom. The fraction of sp³-hybridized carbons (Fsp3) is 0.615. The first-order chi connectivity index (χ1) is 9.04. The second-order valence-electron chi connectivity index (χ2n) is 4.39. The van der Waals surface area contributed by atoms with Crippen LogP contribution in [0.15, 0.2) is 12.2 Å². The number of rotatable bonds is 8.